The summed E-state index contributed by atoms with van der Waals surface area (Å²) >= 11 is 1.27. The van der Waals surface area contributed by atoms with E-state index in [0.29, 0.717) is 22.0 Å². The fraction of sp³-hybridized carbons (Fsp3) is 0.467. The number of oxazole rings is 1. The molecule has 2 aliphatic rings. The summed E-state index contributed by atoms with van der Waals surface area (Å²) in [4.78, 5) is 16.8. The third kappa shape index (κ3) is 2.91. The molecular weight excluding hydrogens is 318 g/mol. The van der Waals surface area contributed by atoms with Crippen LogP contribution in [0, 0.1) is 0 Å². The Morgan fingerprint density at radius 2 is 2.39 bits per heavy atom. The Morgan fingerprint density at radius 3 is 3.09 bits per heavy atom. The van der Waals surface area contributed by atoms with Crippen LogP contribution in [0.4, 0.5) is 0 Å². The second-order valence-electron chi connectivity index (χ2n) is 5.73. The first-order chi connectivity index (χ1) is 11.2. The van der Waals surface area contributed by atoms with Gasteiger partial charge in [0.15, 0.2) is 5.06 Å². The van der Waals surface area contributed by atoms with E-state index in [1.807, 2.05) is 0 Å². The highest BCUT2D eigenvalue weighted by Crippen LogP contribution is 2.32. The zero-order chi connectivity index (χ0) is 15.8. The van der Waals surface area contributed by atoms with E-state index in [-0.39, 0.29) is 24.0 Å². The number of hydrogen-bond acceptors (Lipinski definition) is 7. The van der Waals surface area contributed by atoms with Crippen molar-refractivity contribution in [3.63, 3.8) is 0 Å². The lowest BCUT2D eigenvalue weighted by Crippen LogP contribution is -2.42. The lowest BCUT2D eigenvalue weighted by atomic mass is 9.95. The van der Waals surface area contributed by atoms with Gasteiger partial charge in [0.25, 0.3) is 5.91 Å². The molecule has 0 aliphatic carbocycles. The van der Waals surface area contributed by atoms with Crippen molar-refractivity contribution < 1.29 is 18.7 Å². The number of fused-ring (bicyclic) bond motifs is 2. The van der Waals surface area contributed by atoms with Gasteiger partial charge >= 0.3 is 12.0 Å². The van der Waals surface area contributed by atoms with E-state index in [4.69, 9.17) is 13.9 Å². The second kappa shape index (κ2) is 5.86. The Balaban J connectivity index is 1.38. The number of aromatic nitrogens is 1. The lowest BCUT2D eigenvalue weighted by Gasteiger charge is -2.20. The number of hydrogen-bond donors (Lipinski definition) is 2. The molecule has 0 saturated carbocycles. The molecule has 122 valence electrons. The van der Waals surface area contributed by atoms with Gasteiger partial charge in [-0.15, -0.1) is 0 Å². The fourth-order valence-electron chi connectivity index (χ4n) is 3.21. The molecule has 2 saturated heterocycles. The van der Waals surface area contributed by atoms with Crippen LogP contribution in [0.5, 0.6) is 17.1 Å². The van der Waals surface area contributed by atoms with Crippen LogP contribution in [-0.2, 0) is 0 Å². The molecule has 3 atom stereocenters. The summed E-state index contributed by atoms with van der Waals surface area (Å²) < 4.78 is 15.6. The minimum absolute atomic E-state index is 0.0562. The minimum atomic E-state index is -0.0562. The molecule has 0 spiro atoms. The molecule has 2 aromatic rings. The van der Waals surface area contributed by atoms with E-state index >= 15 is 0 Å². The maximum Gasteiger partial charge on any atom is 0.396 e. The summed E-state index contributed by atoms with van der Waals surface area (Å²) in [5.41, 5.74) is 0. The van der Waals surface area contributed by atoms with Crippen molar-refractivity contribution in [1.82, 2.24) is 15.6 Å². The molecule has 7 nitrogen and oxygen atoms in total. The number of nitrogens with one attached hydrogen (secondary N) is 2. The molecule has 4 heterocycles. The Morgan fingerprint density at radius 1 is 1.48 bits per heavy atom. The summed E-state index contributed by atoms with van der Waals surface area (Å²) in [6.07, 6.45) is 4.94. The topological polar surface area (TPSA) is 85.6 Å². The summed E-state index contributed by atoms with van der Waals surface area (Å²) in [6.45, 7) is 0. The number of nitrogens with zero attached hydrogens (tertiary/aromatic N) is 1. The van der Waals surface area contributed by atoms with Crippen molar-refractivity contribution >= 4 is 17.2 Å². The third-order valence-corrected chi connectivity index (χ3v) is 5.22. The van der Waals surface area contributed by atoms with Crippen LogP contribution >= 0.6 is 11.3 Å². The molecule has 2 aromatic heterocycles. The molecule has 0 radical (unpaired) electrons. The van der Waals surface area contributed by atoms with Crippen molar-refractivity contribution in [3.05, 3.63) is 23.2 Å². The summed E-state index contributed by atoms with van der Waals surface area (Å²) in [7, 11) is 1.47. The Hall–Kier alpha value is -2.06. The van der Waals surface area contributed by atoms with Crippen LogP contribution in [0.25, 0.3) is 0 Å². The number of amides is 1. The zero-order valence-corrected chi connectivity index (χ0v) is 13.4. The van der Waals surface area contributed by atoms with Gasteiger partial charge in [-0.05, 0) is 31.4 Å². The third-order valence-electron chi connectivity index (χ3n) is 4.26. The van der Waals surface area contributed by atoms with Crippen LogP contribution < -0.4 is 20.1 Å². The predicted octanol–water partition coefficient (Wildman–Crippen LogP) is 2.16. The number of ether oxygens (including phenoxy) is 2. The first-order valence-electron chi connectivity index (χ1n) is 7.55. The maximum absolute atomic E-state index is 12.4. The number of methoxy groups -OCH3 is 1. The van der Waals surface area contributed by atoms with Crippen molar-refractivity contribution in [1.29, 1.82) is 0 Å². The van der Waals surface area contributed by atoms with Crippen LogP contribution in [0.3, 0.4) is 0 Å². The molecule has 3 unspecified atom stereocenters. The van der Waals surface area contributed by atoms with Gasteiger partial charge in [-0.1, -0.05) is 11.3 Å². The summed E-state index contributed by atoms with van der Waals surface area (Å²) in [5, 5.41) is 7.20. The van der Waals surface area contributed by atoms with Gasteiger partial charge in [0, 0.05) is 18.1 Å². The van der Waals surface area contributed by atoms with Gasteiger partial charge in [0.2, 0.25) is 0 Å². The van der Waals surface area contributed by atoms with Gasteiger partial charge < -0.3 is 24.5 Å². The number of carbonyl (C=O) groups excluding carboxylic acids is 1. The van der Waals surface area contributed by atoms with Gasteiger partial charge in [0.1, 0.15) is 6.20 Å². The standard InChI is InChI=1S/C15H17N3O4S/c1-20-15-16-7-12(22-15)21-13-5-4-11(23-13)14(19)18-10-6-8-2-3-9(10)17-8/h4-5,7-10,17H,2-3,6H2,1H3,(H,18,19). The molecule has 8 heteroatoms. The maximum atomic E-state index is 12.4. The van der Waals surface area contributed by atoms with Crippen molar-refractivity contribution in [2.45, 2.75) is 37.4 Å². The molecule has 2 fully saturated rings. The van der Waals surface area contributed by atoms with Crippen molar-refractivity contribution in [2.24, 2.45) is 0 Å². The van der Waals surface area contributed by atoms with E-state index in [9.17, 15) is 4.79 Å². The van der Waals surface area contributed by atoms with Crippen LogP contribution in [0.15, 0.2) is 22.7 Å². The van der Waals surface area contributed by atoms with Crippen molar-refractivity contribution in [2.75, 3.05) is 7.11 Å². The lowest BCUT2D eigenvalue weighted by molar-refractivity contribution is 0.0935. The molecule has 4 rings (SSSR count). The molecule has 2 N–H and O–H groups in total. The van der Waals surface area contributed by atoms with E-state index < -0.39 is 0 Å². The summed E-state index contributed by atoms with van der Waals surface area (Å²) in [6, 6.07) is 4.71. The zero-order valence-electron chi connectivity index (χ0n) is 12.6. The largest absolute Gasteiger partial charge is 0.453 e. The van der Waals surface area contributed by atoms with Crippen molar-refractivity contribution in [3.8, 4) is 17.1 Å². The van der Waals surface area contributed by atoms with Crippen LogP contribution in [0.2, 0.25) is 0 Å². The molecule has 0 aromatic carbocycles. The van der Waals surface area contributed by atoms with E-state index in [1.165, 1.54) is 31.1 Å². The van der Waals surface area contributed by atoms with Crippen LogP contribution in [0.1, 0.15) is 28.9 Å². The fourth-order valence-corrected chi connectivity index (χ4v) is 3.97. The predicted molar refractivity (Wildman–Crippen MR) is 83.3 cm³/mol. The average molecular weight is 335 g/mol. The first-order valence-corrected chi connectivity index (χ1v) is 8.37. The van der Waals surface area contributed by atoms with E-state index in [2.05, 4.69) is 15.6 Å². The highest BCUT2D eigenvalue weighted by atomic mass is 32.1. The van der Waals surface area contributed by atoms with Gasteiger partial charge in [0.05, 0.1) is 12.0 Å². The summed E-state index contributed by atoms with van der Waals surface area (Å²) in [5.74, 6) is 0.173. The quantitative estimate of drug-likeness (QED) is 0.871. The molecule has 2 bridgehead atoms. The highest BCUT2D eigenvalue weighted by molar-refractivity contribution is 7.15. The monoisotopic (exact) mass is 335 g/mol. The SMILES string of the molecule is COc1ncc(Oc2ccc(C(=O)NC3CC4CCC3N4)s2)o1. The van der Waals surface area contributed by atoms with Crippen LogP contribution in [-0.4, -0.2) is 36.1 Å². The highest BCUT2D eigenvalue weighted by Gasteiger charge is 2.39. The Labute approximate surface area is 137 Å². The molecule has 23 heavy (non-hydrogen) atoms. The minimum Gasteiger partial charge on any atom is -0.453 e. The van der Waals surface area contributed by atoms with Gasteiger partial charge in [-0.25, -0.2) is 0 Å². The number of thiophene rings is 1. The average Bonchev–Trinajstić information content (AvgIpc) is 3.32. The first kappa shape index (κ1) is 14.5. The smallest absolute Gasteiger partial charge is 0.396 e. The molecule has 1 amide bonds. The Bertz CT molecular complexity index is 713. The second-order valence-corrected chi connectivity index (χ2v) is 6.78. The van der Waals surface area contributed by atoms with Gasteiger partial charge in [-0.2, -0.15) is 4.98 Å². The van der Waals surface area contributed by atoms with E-state index in [1.54, 1.807) is 12.1 Å². The molecule has 2 aliphatic heterocycles. The normalized spacial score (nSPS) is 25.5. The Kier molecular flexibility index (Phi) is 3.70. The molecular formula is C15H17N3O4S. The number of rotatable bonds is 5. The van der Waals surface area contributed by atoms with Gasteiger partial charge in [-0.3, -0.25) is 4.79 Å². The van der Waals surface area contributed by atoms with E-state index in [0.717, 1.165) is 12.8 Å². The number of carbonyl (C=O) groups is 1.